The van der Waals surface area contributed by atoms with Crippen LogP contribution >= 0.6 is 8.25 Å². The molecule has 29 heavy (non-hydrogen) atoms. The van der Waals surface area contributed by atoms with Gasteiger partial charge in [-0.05, 0) is 86.1 Å². The normalized spacial score (nSPS) is 12.1. The average molecular weight is 419 g/mol. The minimum absolute atomic E-state index is 0.226. The lowest BCUT2D eigenvalue weighted by atomic mass is 9.93. The molecule has 2 rings (SSSR count). The molecule has 1 unspecified atom stereocenters. The van der Waals surface area contributed by atoms with Crippen molar-refractivity contribution in [1.29, 1.82) is 0 Å². The van der Waals surface area contributed by atoms with Crippen LogP contribution in [0.2, 0.25) is 0 Å². The number of hydrogen-bond acceptors (Lipinski definition) is 5. The van der Waals surface area contributed by atoms with E-state index in [1.807, 2.05) is 52.0 Å². The van der Waals surface area contributed by atoms with E-state index in [1.54, 1.807) is 6.07 Å². The third kappa shape index (κ3) is 5.78. The lowest BCUT2D eigenvalue weighted by Gasteiger charge is -2.23. The first kappa shape index (κ1) is 22.9. The molecule has 2 N–H and O–H groups in total. The Bertz CT molecular complexity index is 910. The van der Waals surface area contributed by atoms with Gasteiger partial charge in [-0.2, -0.15) is 4.52 Å². The summed E-state index contributed by atoms with van der Waals surface area (Å²) in [5.74, 6) is 0.0990. The molecule has 0 aliphatic carbocycles. The summed E-state index contributed by atoms with van der Waals surface area (Å²) in [4.78, 5) is 20.7. The summed E-state index contributed by atoms with van der Waals surface area (Å²) in [6, 6.07) is 9.34. The molecule has 0 saturated heterocycles. The Hall–Kier alpha value is -2.43. The highest BCUT2D eigenvalue weighted by molar-refractivity contribution is 7.32. The van der Waals surface area contributed by atoms with Crippen LogP contribution in [0.25, 0.3) is 0 Å². The van der Waals surface area contributed by atoms with Crippen molar-refractivity contribution >= 4 is 14.2 Å². The fourth-order valence-corrected chi connectivity index (χ4v) is 3.55. The zero-order valence-electron chi connectivity index (χ0n) is 17.6. The maximum Gasteiger partial charge on any atom is 0.750 e. The van der Waals surface area contributed by atoms with Gasteiger partial charge in [0.1, 0.15) is 11.5 Å². The van der Waals surface area contributed by atoms with E-state index in [0.717, 1.165) is 27.8 Å². The first-order valence-corrected chi connectivity index (χ1v) is 10.5. The highest BCUT2D eigenvalue weighted by Gasteiger charge is 2.38. The van der Waals surface area contributed by atoms with E-state index in [-0.39, 0.29) is 5.92 Å². The zero-order chi connectivity index (χ0) is 21.9. The first-order valence-electron chi connectivity index (χ1n) is 9.40. The van der Waals surface area contributed by atoms with Crippen molar-refractivity contribution in [2.75, 3.05) is 0 Å². The summed E-state index contributed by atoms with van der Waals surface area (Å²) in [5.41, 5.74) is 3.74. The highest BCUT2D eigenvalue weighted by Crippen LogP contribution is 2.31. The fourth-order valence-electron chi connectivity index (χ4n) is 3.19. The maximum atomic E-state index is 12.0. The van der Waals surface area contributed by atoms with Crippen LogP contribution in [-0.2, 0) is 20.3 Å². The van der Waals surface area contributed by atoms with Gasteiger partial charge in [-0.15, -0.1) is 4.89 Å². The van der Waals surface area contributed by atoms with Crippen molar-refractivity contribution in [2.24, 2.45) is 0 Å². The number of rotatable bonds is 7. The second kappa shape index (κ2) is 8.93. The predicted molar refractivity (Wildman–Crippen MR) is 112 cm³/mol. The number of carbonyl (C=O) groups is 1. The summed E-state index contributed by atoms with van der Waals surface area (Å²) in [5, 5.41) is 10.0. The van der Waals surface area contributed by atoms with Gasteiger partial charge >= 0.3 is 14.2 Å². The van der Waals surface area contributed by atoms with Crippen LogP contribution in [0.3, 0.4) is 0 Å². The molecule has 0 aromatic heterocycles. The van der Waals surface area contributed by atoms with Gasteiger partial charge in [-0.3, -0.25) is 0 Å². The maximum absolute atomic E-state index is 12.0. The van der Waals surface area contributed by atoms with Gasteiger partial charge in [-0.1, -0.05) is 26.0 Å². The molecule has 0 amide bonds. The average Bonchev–Trinajstić information content (AvgIpc) is 2.58. The lowest BCUT2D eigenvalue weighted by Crippen LogP contribution is -2.38. The molecule has 1 atom stereocenters. The van der Waals surface area contributed by atoms with E-state index in [0.29, 0.717) is 17.9 Å². The molecule has 7 heteroatoms. The van der Waals surface area contributed by atoms with Crippen LogP contribution in [0, 0.1) is 13.8 Å². The SMILES string of the molecule is Cc1cc(OC(C)(C)C(=O)O[P+](=O)O)cc(C)c1Cc1ccc(O)c(C(C)C)c1. The molecule has 2 aromatic rings. The molecule has 0 fully saturated rings. The second-order valence-electron chi connectivity index (χ2n) is 7.99. The fraction of sp³-hybridized carbons (Fsp3) is 0.409. The van der Waals surface area contributed by atoms with E-state index in [2.05, 4.69) is 4.52 Å². The van der Waals surface area contributed by atoms with Crippen molar-refractivity contribution in [3.8, 4) is 11.5 Å². The monoisotopic (exact) mass is 419 g/mol. The largest absolute Gasteiger partial charge is 0.750 e. The number of benzene rings is 2. The van der Waals surface area contributed by atoms with Gasteiger partial charge in [0.2, 0.25) is 5.60 Å². The van der Waals surface area contributed by atoms with E-state index >= 15 is 0 Å². The Morgan fingerprint density at radius 1 is 1.14 bits per heavy atom. The van der Waals surface area contributed by atoms with E-state index in [1.165, 1.54) is 13.8 Å². The number of carbonyl (C=O) groups excluding carboxylic acids is 1. The standard InChI is InChI=1S/C22H27O6P/c1-13(2)18-11-16(7-8-20(18)23)12-19-14(3)9-17(10-15(19)4)27-22(5,6)21(24)28-29(25)26/h7-11,13H,12H2,1-6H3,(H-,23,25,26)/p+1. The van der Waals surface area contributed by atoms with E-state index in [9.17, 15) is 14.5 Å². The lowest BCUT2D eigenvalue weighted by molar-refractivity contribution is -0.149. The van der Waals surface area contributed by atoms with Crippen LogP contribution in [0.15, 0.2) is 30.3 Å². The van der Waals surface area contributed by atoms with Crippen molar-refractivity contribution in [3.05, 3.63) is 58.1 Å². The van der Waals surface area contributed by atoms with Gasteiger partial charge in [0.15, 0.2) is 0 Å². The van der Waals surface area contributed by atoms with Gasteiger partial charge in [-0.25, -0.2) is 4.79 Å². The summed E-state index contributed by atoms with van der Waals surface area (Å²) >= 11 is 0. The number of aryl methyl sites for hydroxylation is 2. The summed E-state index contributed by atoms with van der Waals surface area (Å²) in [6.45, 7) is 11.0. The Kier molecular flexibility index (Phi) is 7.04. The van der Waals surface area contributed by atoms with Gasteiger partial charge in [0.25, 0.3) is 0 Å². The molecule has 0 aliphatic rings. The van der Waals surface area contributed by atoms with Gasteiger partial charge in [0.05, 0.1) is 0 Å². The van der Waals surface area contributed by atoms with E-state index in [4.69, 9.17) is 9.63 Å². The molecule has 6 nitrogen and oxygen atoms in total. The van der Waals surface area contributed by atoms with Gasteiger partial charge in [0, 0.05) is 4.57 Å². The minimum Gasteiger partial charge on any atom is -0.508 e. The second-order valence-corrected chi connectivity index (χ2v) is 8.65. The van der Waals surface area contributed by atoms with Crippen molar-refractivity contribution in [2.45, 2.75) is 59.5 Å². The molecule has 0 bridgehead atoms. The molecule has 0 aliphatic heterocycles. The predicted octanol–water partition coefficient (Wildman–Crippen LogP) is 5.07. The van der Waals surface area contributed by atoms with Crippen LogP contribution < -0.4 is 4.74 Å². The van der Waals surface area contributed by atoms with Gasteiger partial charge < -0.3 is 9.84 Å². The third-order valence-corrected chi connectivity index (χ3v) is 5.11. The topological polar surface area (TPSA) is 93.1 Å². The van der Waals surface area contributed by atoms with Crippen LogP contribution in [0.4, 0.5) is 0 Å². The quantitative estimate of drug-likeness (QED) is 0.609. The third-order valence-electron chi connectivity index (χ3n) is 4.79. The van der Waals surface area contributed by atoms with Crippen molar-refractivity contribution in [1.82, 2.24) is 0 Å². The molecule has 0 heterocycles. The number of hydrogen-bond donors (Lipinski definition) is 2. The summed E-state index contributed by atoms with van der Waals surface area (Å²) in [6.07, 6.45) is 0.703. The molecule has 0 spiro atoms. The van der Waals surface area contributed by atoms with Crippen LogP contribution in [0.1, 0.15) is 61.4 Å². The molecular formula is C22H28O6P+. The van der Waals surface area contributed by atoms with Crippen LogP contribution in [0.5, 0.6) is 11.5 Å². The molecular weight excluding hydrogens is 391 g/mol. The van der Waals surface area contributed by atoms with Crippen molar-refractivity contribution in [3.63, 3.8) is 0 Å². The number of ether oxygens (including phenoxy) is 1. The zero-order valence-corrected chi connectivity index (χ0v) is 18.5. The Morgan fingerprint density at radius 2 is 1.72 bits per heavy atom. The Labute approximate surface area is 172 Å². The molecule has 156 valence electrons. The Morgan fingerprint density at radius 3 is 2.24 bits per heavy atom. The number of aromatic hydroxyl groups is 1. The van der Waals surface area contributed by atoms with Crippen LogP contribution in [-0.4, -0.2) is 21.6 Å². The molecule has 0 radical (unpaired) electrons. The summed E-state index contributed by atoms with van der Waals surface area (Å²) in [7, 11) is -3.03. The number of phenolic OH excluding ortho intramolecular Hbond substituents is 1. The Balaban J connectivity index is 2.27. The van der Waals surface area contributed by atoms with E-state index < -0.39 is 19.8 Å². The first-order chi connectivity index (χ1) is 13.4. The van der Waals surface area contributed by atoms with Crippen molar-refractivity contribution < 1.29 is 28.6 Å². The smallest absolute Gasteiger partial charge is 0.508 e. The molecule has 2 aromatic carbocycles. The highest BCUT2D eigenvalue weighted by atomic mass is 31.1. The minimum atomic E-state index is -3.03. The molecule has 0 saturated carbocycles. The number of phenols is 1. The summed E-state index contributed by atoms with van der Waals surface area (Å²) < 4.78 is 20.9.